The van der Waals surface area contributed by atoms with Crippen LogP contribution in [0.5, 0.6) is 0 Å². The van der Waals surface area contributed by atoms with E-state index in [9.17, 15) is 4.79 Å². The molecule has 0 fully saturated rings. The molecule has 1 aromatic heterocycles. The van der Waals surface area contributed by atoms with Gasteiger partial charge in [-0.05, 0) is 53.0 Å². The molecule has 1 amide bonds. The van der Waals surface area contributed by atoms with Gasteiger partial charge in [0.1, 0.15) is 0 Å². The third-order valence-electron chi connectivity index (χ3n) is 4.21. The van der Waals surface area contributed by atoms with E-state index in [0.29, 0.717) is 13.0 Å². The highest BCUT2D eigenvalue weighted by Gasteiger charge is 2.24. The summed E-state index contributed by atoms with van der Waals surface area (Å²) in [5, 5.41) is 9.60. The Hall–Kier alpha value is -1.13. The molecule has 0 bridgehead atoms. The van der Waals surface area contributed by atoms with Crippen molar-refractivity contribution in [3.05, 3.63) is 50.6 Å². The van der Waals surface area contributed by atoms with Crippen LogP contribution < -0.4 is 16.0 Å². The summed E-state index contributed by atoms with van der Waals surface area (Å²) in [4.78, 5) is 18.0. The number of halogens is 2. The van der Waals surface area contributed by atoms with E-state index < -0.39 is 0 Å². The largest absolute Gasteiger partial charge is 0.357 e. The zero-order valence-corrected chi connectivity index (χ0v) is 19.9. The standard InChI is InChI=1S/C19H23BrN4OS.HI/c1-2-21-19(22-10-9-14-7-8-17(20)26-14)23-12-13-11-18(25)24-16-6-4-3-5-15(13)16;/h3-8,13H,2,9-12H2,1H3,(H,24,25)(H2,21,22,23);1H. The molecule has 8 heteroatoms. The molecule has 1 atom stereocenters. The Bertz CT molecular complexity index is 796. The molecule has 1 aliphatic heterocycles. The fourth-order valence-electron chi connectivity index (χ4n) is 3.00. The highest BCUT2D eigenvalue weighted by Crippen LogP contribution is 2.32. The summed E-state index contributed by atoms with van der Waals surface area (Å²) >= 11 is 5.25. The average Bonchev–Trinajstić information content (AvgIpc) is 3.04. The highest BCUT2D eigenvalue weighted by molar-refractivity contribution is 14.0. The van der Waals surface area contributed by atoms with Crippen LogP contribution in [-0.4, -0.2) is 31.5 Å². The Morgan fingerprint density at radius 3 is 2.85 bits per heavy atom. The molecular weight excluding hydrogens is 539 g/mol. The number of benzene rings is 1. The van der Waals surface area contributed by atoms with Crippen molar-refractivity contribution >= 4 is 68.8 Å². The number of aliphatic imine (C=N–C) groups is 1. The number of hydrogen-bond donors (Lipinski definition) is 3. The van der Waals surface area contributed by atoms with E-state index in [1.807, 2.05) is 18.2 Å². The second kappa shape index (κ2) is 11.0. The Kier molecular flexibility index (Phi) is 9.04. The van der Waals surface area contributed by atoms with E-state index in [1.165, 1.54) is 4.88 Å². The normalized spacial score (nSPS) is 16.1. The number of amides is 1. The summed E-state index contributed by atoms with van der Waals surface area (Å²) in [5.74, 6) is 0.973. The third-order valence-corrected chi connectivity index (χ3v) is 5.90. The SMILES string of the molecule is CCNC(=NCC1CC(=O)Nc2ccccc21)NCCc1ccc(Br)s1.I. The maximum Gasteiger partial charge on any atom is 0.225 e. The minimum Gasteiger partial charge on any atom is -0.357 e. The first-order chi connectivity index (χ1) is 12.7. The van der Waals surface area contributed by atoms with E-state index in [4.69, 9.17) is 4.99 Å². The van der Waals surface area contributed by atoms with Gasteiger partial charge in [-0.1, -0.05) is 18.2 Å². The molecule has 1 aromatic carbocycles. The molecule has 3 rings (SSSR count). The monoisotopic (exact) mass is 562 g/mol. The lowest BCUT2D eigenvalue weighted by atomic mass is 9.91. The highest BCUT2D eigenvalue weighted by atomic mass is 127. The van der Waals surface area contributed by atoms with E-state index in [1.54, 1.807) is 11.3 Å². The minimum absolute atomic E-state index is 0. The van der Waals surface area contributed by atoms with Crippen molar-refractivity contribution in [2.24, 2.45) is 4.99 Å². The van der Waals surface area contributed by atoms with Crippen molar-refractivity contribution in [2.45, 2.75) is 25.7 Å². The molecular formula is C19H24BrIN4OS. The molecule has 0 spiro atoms. The number of hydrogen-bond acceptors (Lipinski definition) is 3. The summed E-state index contributed by atoms with van der Waals surface area (Å²) in [6.07, 6.45) is 1.43. The molecule has 0 saturated heterocycles. The van der Waals surface area contributed by atoms with Gasteiger partial charge in [0.05, 0.1) is 10.3 Å². The molecule has 0 saturated carbocycles. The van der Waals surface area contributed by atoms with E-state index >= 15 is 0 Å². The number of carbonyl (C=O) groups is 1. The average molecular weight is 563 g/mol. The van der Waals surface area contributed by atoms with Crippen LogP contribution in [0.3, 0.4) is 0 Å². The van der Waals surface area contributed by atoms with E-state index in [-0.39, 0.29) is 35.8 Å². The van der Waals surface area contributed by atoms with Crippen molar-refractivity contribution < 1.29 is 4.79 Å². The van der Waals surface area contributed by atoms with Gasteiger partial charge >= 0.3 is 0 Å². The first-order valence-electron chi connectivity index (χ1n) is 8.81. The molecule has 27 heavy (non-hydrogen) atoms. The lowest BCUT2D eigenvalue weighted by Gasteiger charge is -2.24. The van der Waals surface area contributed by atoms with Crippen LogP contribution in [0.1, 0.15) is 29.7 Å². The van der Waals surface area contributed by atoms with Crippen LogP contribution in [0.25, 0.3) is 0 Å². The first-order valence-corrected chi connectivity index (χ1v) is 10.4. The van der Waals surface area contributed by atoms with Crippen LogP contribution in [0.15, 0.2) is 45.2 Å². The zero-order chi connectivity index (χ0) is 18.4. The van der Waals surface area contributed by atoms with E-state index in [0.717, 1.165) is 40.5 Å². The number of anilines is 1. The Labute approximate surface area is 189 Å². The van der Waals surface area contributed by atoms with Crippen LogP contribution in [0.4, 0.5) is 5.69 Å². The number of fused-ring (bicyclic) bond motifs is 1. The molecule has 2 aromatic rings. The molecule has 146 valence electrons. The van der Waals surface area contributed by atoms with Crippen molar-refractivity contribution in [2.75, 3.05) is 25.0 Å². The van der Waals surface area contributed by atoms with Crippen LogP contribution in [-0.2, 0) is 11.2 Å². The van der Waals surface area contributed by atoms with E-state index in [2.05, 4.69) is 57.0 Å². The third kappa shape index (κ3) is 6.46. The summed E-state index contributed by atoms with van der Waals surface area (Å²) in [6.45, 7) is 4.26. The summed E-state index contributed by atoms with van der Waals surface area (Å²) < 4.78 is 1.15. The van der Waals surface area contributed by atoms with Gasteiger partial charge in [0, 0.05) is 36.0 Å². The van der Waals surface area contributed by atoms with Gasteiger partial charge in [-0.2, -0.15) is 0 Å². The lowest BCUT2D eigenvalue weighted by Crippen LogP contribution is -2.38. The fraction of sp³-hybridized carbons (Fsp3) is 0.368. The molecule has 1 unspecified atom stereocenters. The van der Waals surface area contributed by atoms with Gasteiger partial charge in [-0.15, -0.1) is 35.3 Å². The van der Waals surface area contributed by atoms with Gasteiger partial charge in [-0.25, -0.2) is 0 Å². The topological polar surface area (TPSA) is 65.5 Å². The number of rotatable bonds is 6. The number of guanidine groups is 1. The number of thiophene rings is 1. The van der Waals surface area contributed by atoms with Crippen LogP contribution in [0.2, 0.25) is 0 Å². The molecule has 5 nitrogen and oxygen atoms in total. The lowest BCUT2D eigenvalue weighted by molar-refractivity contribution is -0.116. The number of carbonyl (C=O) groups excluding carboxylic acids is 1. The van der Waals surface area contributed by atoms with Crippen molar-refractivity contribution in [3.63, 3.8) is 0 Å². The molecule has 2 heterocycles. The molecule has 3 N–H and O–H groups in total. The van der Waals surface area contributed by atoms with Crippen molar-refractivity contribution in [1.29, 1.82) is 0 Å². The van der Waals surface area contributed by atoms with Gasteiger partial charge in [-0.3, -0.25) is 9.79 Å². The zero-order valence-electron chi connectivity index (χ0n) is 15.1. The maximum absolute atomic E-state index is 11.9. The molecule has 0 radical (unpaired) electrons. The van der Waals surface area contributed by atoms with Crippen LogP contribution >= 0.6 is 51.2 Å². The number of nitrogens with zero attached hydrogens (tertiary/aromatic N) is 1. The van der Waals surface area contributed by atoms with Gasteiger partial charge in [0.15, 0.2) is 5.96 Å². The van der Waals surface area contributed by atoms with Gasteiger partial charge in [0.2, 0.25) is 5.91 Å². The fourth-order valence-corrected chi connectivity index (χ4v) is 4.48. The van der Waals surface area contributed by atoms with Crippen LogP contribution in [0, 0.1) is 0 Å². The second-order valence-corrected chi connectivity index (χ2v) is 8.69. The van der Waals surface area contributed by atoms with Gasteiger partial charge < -0.3 is 16.0 Å². The summed E-state index contributed by atoms with van der Waals surface area (Å²) in [6, 6.07) is 12.2. The maximum atomic E-state index is 11.9. The summed E-state index contributed by atoms with van der Waals surface area (Å²) in [7, 11) is 0. The quantitative estimate of drug-likeness (QED) is 0.278. The smallest absolute Gasteiger partial charge is 0.225 e. The predicted molar refractivity (Wildman–Crippen MR) is 128 cm³/mol. The number of nitrogens with one attached hydrogen (secondary N) is 3. The van der Waals surface area contributed by atoms with Gasteiger partial charge in [0.25, 0.3) is 0 Å². The molecule has 1 aliphatic rings. The Morgan fingerprint density at radius 2 is 2.11 bits per heavy atom. The second-order valence-electron chi connectivity index (χ2n) is 6.14. The number of para-hydroxylation sites is 1. The van der Waals surface area contributed by atoms with Crippen molar-refractivity contribution in [3.8, 4) is 0 Å². The predicted octanol–water partition coefficient (Wildman–Crippen LogP) is 4.35. The summed E-state index contributed by atoms with van der Waals surface area (Å²) in [5.41, 5.74) is 2.07. The minimum atomic E-state index is 0. The Balaban J connectivity index is 0.00000261. The van der Waals surface area contributed by atoms with Crippen molar-refractivity contribution in [1.82, 2.24) is 10.6 Å². The first kappa shape index (κ1) is 22.2. The molecule has 0 aliphatic carbocycles. The Morgan fingerprint density at radius 1 is 1.30 bits per heavy atom.